The number of rotatable bonds is 5. The number of carbonyl (C=O) groups excluding carboxylic acids is 2. The maximum absolute atomic E-state index is 13.4. The lowest BCUT2D eigenvalue weighted by molar-refractivity contribution is -0.136. The highest BCUT2D eigenvalue weighted by atomic mass is 32.1. The Kier molecular flexibility index (Phi) is 5.48. The summed E-state index contributed by atoms with van der Waals surface area (Å²) < 4.78 is 28.0. The molecule has 0 spiro atoms. The summed E-state index contributed by atoms with van der Waals surface area (Å²) in [5.41, 5.74) is 1.69. The van der Waals surface area contributed by atoms with Crippen LogP contribution in [0.15, 0.2) is 53.9 Å². The van der Waals surface area contributed by atoms with Gasteiger partial charge in [0, 0.05) is 29.6 Å². The fraction of sp³-hybridized carbons (Fsp3) is 0.100. The van der Waals surface area contributed by atoms with Crippen molar-refractivity contribution in [3.05, 3.63) is 71.2 Å². The Bertz CT molecular complexity index is 1220. The van der Waals surface area contributed by atoms with E-state index in [1.807, 2.05) is 5.38 Å². The Morgan fingerprint density at radius 2 is 1.83 bits per heavy atom. The number of fused-ring (bicyclic) bond motifs is 1. The monoisotopic (exact) mass is 427 g/mol. The Morgan fingerprint density at radius 1 is 1.03 bits per heavy atom. The van der Waals surface area contributed by atoms with Crippen LogP contribution in [0.25, 0.3) is 16.3 Å². The topological polar surface area (TPSA) is 88.4 Å². The zero-order valence-corrected chi connectivity index (χ0v) is 16.2. The minimum atomic E-state index is -0.841. The van der Waals surface area contributed by atoms with Crippen molar-refractivity contribution < 1.29 is 18.4 Å². The molecule has 2 heterocycles. The van der Waals surface area contributed by atoms with Crippen LogP contribution >= 0.6 is 11.3 Å². The number of benzene rings is 2. The average molecular weight is 427 g/mol. The third kappa shape index (κ3) is 4.33. The van der Waals surface area contributed by atoms with E-state index in [1.165, 1.54) is 47.7 Å². The van der Waals surface area contributed by atoms with Crippen LogP contribution in [0.2, 0.25) is 0 Å². The van der Waals surface area contributed by atoms with Gasteiger partial charge in [0.25, 0.3) is 0 Å². The third-order valence-electron chi connectivity index (χ3n) is 4.21. The van der Waals surface area contributed by atoms with Crippen LogP contribution in [0.5, 0.6) is 0 Å². The first-order valence-electron chi connectivity index (χ1n) is 8.93. The lowest BCUT2D eigenvalue weighted by atomic mass is 10.2. The fourth-order valence-corrected chi connectivity index (χ4v) is 3.61. The van der Waals surface area contributed by atoms with E-state index in [-0.39, 0.29) is 12.4 Å². The summed E-state index contributed by atoms with van der Waals surface area (Å²) in [4.78, 5) is 28.9. The molecule has 0 radical (unpaired) electrons. The van der Waals surface area contributed by atoms with Gasteiger partial charge in [-0.2, -0.15) is 4.98 Å². The number of amides is 2. The van der Waals surface area contributed by atoms with Gasteiger partial charge in [-0.3, -0.25) is 9.59 Å². The Morgan fingerprint density at radius 3 is 2.60 bits per heavy atom. The van der Waals surface area contributed by atoms with Crippen molar-refractivity contribution in [2.75, 3.05) is 11.9 Å². The van der Waals surface area contributed by atoms with E-state index in [0.29, 0.717) is 28.5 Å². The van der Waals surface area contributed by atoms with Crippen LogP contribution in [0.3, 0.4) is 0 Å². The van der Waals surface area contributed by atoms with Gasteiger partial charge in [-0.25, -0.2) is 13.3 Å². The number of nitrogens with zero attached hydrogens (tertiary/aromatic N) is 3. The molecule has 0 atom stereocenters. The van der Waals surface area contributed by atoms with E-state index >= 15 is 0 Å². The van der Waals surface area contributed by atoms with E-state index in [2.05, 4.69) is 20.7 Å². The molecule has 0 aliphatic carbocycles. The van der Waals surface area contributed by atoms with Gasteiger partial charge in [0.05, 0.1) is 5.69 Å². The number of aromatic nitrogens is 3. The molecule has 4 rings (SSSR count). The van der Waals surface area contributed by atoms with Crippen LogP contribution in [0.4, 0.5) is 14.5 Å². The molecule has 0 saturated carbocycles. The molecule has 0 unspecified atom stereocenters. The lowest BCUT2D eigenvalue weighted by Crippen LogP contribution is -2.36. The largest absolute Gasteiger partial charge is 0.347 e. The molecule has 0 aliphatic rings. The molecule has 2 N–H and O–H groups in total. The SMILES string of the molecule is O=C(NCCc1csc2nc(-c3cccc(F)c3)nn12)C(=O)Nc1ccc(F)cc1. The summed E-state index contributed by atoms with van der Waals surface area (Å²) in [6, 6.07) is 11.1. The molecule has 152 valence electrons. The van der Waals surface area contributed by atoms with Crippen LogP contribution < -0.4 is 10.6 Å². The highest BCUT2D eigenvalue weighted by molar-refractivity contribution is 7.15. The summed E-state index contributed by atoms with van der Waals surface area (Å²) in [5.74, 6) is -2.04. The summed E-state index contributed by atoms with van der Waals surface area (Å²) in [6.07, 6.45) is 0.418. The first-order valence-corrected chi connectivity index (χ1v) is 9.81. The van der Waals surface area contributed by atoms with Crippen LogP contribution in [0.1, 0.15) is 5.69 Å². The van der Waals surface area contributed by atoms with Gasteiger partial charge in [0.2, 0.25) is 4.96 Å². The Labute approximate surface area is 173 Å². The number of hydrogen-bond donors (Lipinski definition) is 2. The number of hydrogen-bond acceptors (Lipinski definition) is 5. The number of thiazole rings is 1. The molecule has 7 nitrogen and oxygen atoms in total. The molecule has 0 aliphatic heterocycles. The molecule has 2 aromatic carbocycles. The van der Waals surface area contributed by atoms with Gasteiger partial charge in [-0.15, -0.1) is 16.4 Å². The number of anilines is 1. The van der Waals surface area contributed by atoms with Gasteiger partial charge in [0.15, 0.2) is 5.82 Å². The maximum atomic E-state index is 13.4. The van der Waals surface area contributed by atoms with E-state index in [4.69, 9.17) is 0 Å². The summed E-state index contributed by atoms with van der Waals surface area (Å²) in [6.45, 7) is 0.205. The van der Waals surface area contributed by atoms with Crippen LogP contribution in [0, 0.1) is 11.6 Å². The average Bonchev–Trinajstić information content (AvgIpc) is 3.31. The summed E-state index contributed by atoms with van der Waals surface area (Å²) in [7, 11) is 0. The molecule has 10 heteroatoms. The van der Waals surface area contributed by atoms with E-state index in [1.54, 1.807) is 16.6 Å². The molecule has 0 bridgehead atoms. The molecular formula is C20H15F2N5O2S. The zero-order chi connectivity index (χ0) is 21.1. The molecule has 2 aromatic heterocycles. The van der Waals surface area contributed by atoms with Gasteiger partial charge < -0.3 is 10.6 Å². The molecule has 0 saturated heterocycles. The van der Waals surface area contributed by atoms with E-state index in [0.717, 1.165) is 5.69 Å². The minimum absolute atomic E-state index is 0.205. The normalized spacial score (nSPS) is 10.9. The smallest absolute Gasteiger partial charge is 0.313 e. The second-order valence-corrected chi connectivity index (χ2v) is 7.17. The molecular weight excluding hydrogens is 412 g/mol. The van der Waals surface area contributed by atoms with Gasteiger partial charge >= 0.3 is 11.8 Å². The predicted molar refractivity (Wildman–Crippen MR) is 108 cm³/mol. The zero-order valence-electron chi connectivity index (χ0n) is 15.4. The molecule has 4 aromatic rings. The first kappa shape index (κ1) is 19.6. The highest BCUT2D eigenvalue weighted by Crippen LogP contribution is 2.21. The second-order valence-electron chi connectivity index (χ2n) is 6.33. The van der Waals surface area contributed by atoms with Crippen LogP contribution in [-0.2, 0) is 16.0 Å². The van der Waals surface area contributed by atoms with Gasteiger partial charge in [-0.1, -0.05) is 12.1 Å². The number of carbonyl (C=O) groups is 2. The maximum Gasteiger partial charge on any atom is 0.313 e. The second kappa shape index (κ2) is 8.37. The predicted octanol–water partition coefficient (Wildman–Crippen LogP) is 3.03. The van der Waals surface area contributed by atoms with Gasteiger partial charge in [0.1, 0.15) is 11.6 Å². The summed E-state index contributed by atoms with van der Waals surface area (Å²) >= 11 is 1.37. The van der Waals surface area contributed by atoms with Crippen molar-refractivity contribution >= 4 is 33.8 Å². The molecule has 0 fully saturated rings. The molecule has 2 amide bonds. The van der Waals surface area contributed by atoms with Crippen molar-refractivity contribution in [2.24, 2.45) is 0 Å². The van der Waals surface area contributed by atoms with E-state index < -0.39 is 17.6 Å². The van der Waals surface area contributed by atoms with E-state index in [9.17, 15) is 18.4 Å². The summed E-state index contributed by atoms with van der Waals surface area (Å²) in [5, 5.41) is 11.2. The first-order chi connectivity index (χ1) is 14.5. The number of nitrogens with one attached hydrogen (secondary N) is 2. The Balaban J connectivity index is 1.36. The quantitative estimate of drug-likeness (QED) is 0.479. The minimum Gasteiger partial charge on any atom is -0.347 e. The molecule has 30 heavy (non-hydrogen) atoms. The van der Waals surface area contributed by atoms with Crippen molar-refractivity contribution in [3.63, 3.8) is 0 Å². The van der Waals surface area contributed by atoms with Crippen molar-refractivity contribution in [1.29, 1.82) is 0 Å². The van der Waals surface area contributed by atoms with Crippen molar-refractivity contribution in [1.82, 2.24) is 19.9 Å². The van der Waals surface area contributed by atoms with Crippen molar-refractivity contribution in [3.8, 4) is 11.4 Å². The Hall–Kier alpha value is -3.66. The lowest BCUT2D eigenvalue weighted by Gasteiger charge is -2.06. The van der Waals surface area contributed by atoms with Crippen molar-refractivity contribution in [2.45, 2.75) is 6.42 Å². The van der Waals surface area contributed by atoms with Crippen LogP contribution in [-0.4, -0.2) is 33.0 Å². The fourth-order valence-electron chi connectivity index (χ4n) is 2.75. The standard InChI is InChI=1S/C20H15F2N5O2S/c21-13-4-6-15(7-5-13)24-19(29)18(28)23-9-8-16-11-30-20-25-17(26-27(16)20)12-2-1-3-14(22)10-12/h1-7,10-11H,8-9H2,(H,23,28)(H,24,29). The number of halogens is 2. The third-order valence-corrected chi connectivity index (χ3v) is 5.07. The van der Waals surface area contributed by atoms with Gasteiger partial charge in [-0.05, 0) is 36.4 Å². The highest BCUT2D eigenvalue weighted by Gasteiger charge is 2.15.